The van der Waals surface area contributed by atoms with Gasteiger partial charge in [0.2, 0.25) is 0 Å². The summed E-state index contributed by atoms with van der Waals surface area (Å²) in [5, 5.41) is 0. The summed E-state index contributed by atoms with van der Waals surface area (Å²) < 4.78 is 33.3. The van der Waals surface area contributed by atoms with Crippen LogP contribution >= 0.6 is 15.9 Å². The molecule has 6 heteroatoms. The average Bonchev–Trinajstić information content (AvgIpc) is 2.94. The van der Waals surface area contributed by atoms with E-state index >= 15 is 0 Å². The lowest BCUT2D eigenvalue weighted by molar-refractivity contribution is 0.411. The van der Waals surface area contributed by atoms with Crippen molar-refractivity contribution in [3.8, 4) is 5.75 Å². The van der Waals surface area contributed by atoms with E-state index in [1.165, 1.54) is 30.4 Å². The number of ether oxygens (including phenoxy) is 1. The molecule has 0 atom stereocenters. The first kappa shape index (κ1) is 15.4. The highest BCUT2D eigenvalue weighted by Gasteiger charge is 2.18. The van der Waals surface area contributed by atoms with E-state index < -0.39 is 10.0 Å². The van der Waals surface area contributed by atoms with Crippen molar-refractivity contribution in [1.82, 2.24) is 0 Å². The van der Waals surface area contributed by atoms with Gasteiger partial charge >= 0.3 is 0 Å². The molecule has 4 nitrogen and oxygen atoms in total. The summed E-state index contributed by atoms with van der Waals surface area (Å²) in [7, 11) is -2.08. The van der Waals surface area contributed by atoms with Crippen LogP contribution in [0.3, 0.4) is 0 Å². The summed E-state index contributed by atoms with van der Waals surface area (Å²) in [6, 6.07) is 10.4. The van der Waals surface area contributed by atoms with Crippen LogP contribution in [0.4, 0.5) is 5.69 Å². The van der Waals surface area contributed by atoms with Gasteiger partial charge in [-0.1, -0.05) is 6.07 Å². The Morgan fingerprint density at radius 1 is 1.09 bits per heavy atom. The van der Waals surface area contributed by atoms with Crippen LogP contribution in [-0.4, -0.2) is 15.5 Å². The lowest BCUT2D eigenvalue weighted by Gasteiger charge is -2.11. The number of aryl methyl sites for hydroxylation is 2. The molecule has 0 aromatic heterocycles. The standard InChI is InChI=1S/C16H16BrNO3S/c1-21-16-8-7-14(10-15(16)17)22(19,20)18-13-6-5-11-3-2-4-12(11)9-13/h5-10,18H,2-4H2,1H3. The molecule has 1 N–H and O–H groups in total. The van der Waals surface area contributed by atoms with E-state index in [1.54, 1.807) is 6.07 Å². The van der Waals surface area contributed by atoms with Gasteiger partial charge < -0.3 is 4.74 Å². The van der Waals surface area contributed by atoms with Crippen molar-refractivity contribution in [2.24, 2.45) is 0 Å². The highest BCUT2D eigenvalue weighted by Crippen LogP contribution is 2.29. The van der Waals surface area contributed by atoms with Crippen LogP contribution in [0.1, 0.15) is 17.5 Å². The van der Waals surface area contributed by atoms with Gasteiger partial charge in [0.1, 0.15) is 5.75 Å². The Labute approximate surface area is 138 Å². The molecule has 1 aliphatic rings. The fourth-order valence-electron chi connectivity index (χ4n) is 2.66. The molecule has 116 valence electrons. The first-order valence-corrected chi connectivity index (χ1v) is 9.25. The molecular weight excluding hydrogens is 366 g/mol. The molecule has 22 heavy (non-hydrogen) atoms. The third kappa shape index (κ3) is 2.98. The Morgan fingerprint density at radius 2 is 1.86 bits per heavy atom. The molecule has 0 fully saturated rings. The molecule has 0 aliphatic heterocycles. The minimum atomic E-state index is -3.61. The third-order valence-electron chi connectivity index (χ3n) is 3.78. The van der Waals surface area contributed by atoms with E-state index in [0.717, 1.165) is 19.3 Å². The van der Waals surface area contributed by atoms with Crippen molar-refractivity contribution in [3.05, 3.63) is 52.0 Å². The Kier molecular flexibility index (Phi) is 4.14. The lowest BCUT2D eigenvalue weighted by Crippen LogP contribution is -2.13. The molecule has 1 aliphatic carbocycles. The highest BCUT2D eigenvalue weighted by atomic mass is 79.9. The summed E-state index contributed by atoms with van der Waals surface area (Å²) >= 11 is 3.31. The smallest absolute Gasteiger partial charge is 0.261 e. The number of halogens is 1. The largest absolute Gasteiger partial charge is 0.496 e. The second kappa shape index (κ2) is 5.93. The predicted molar refractivity (Wildman–Crippen MR) is 90.0 cm³/mol. The van der Waals surface area contributed by atoms with Gasteiger partial charge in [-0.15, -0.1) is 0 Å². The molecule has 0 unspecified atom stereocenters. The molecule has 2 aromatic rings. The summed E-state index contributed by atoms with van der Waals surface area (Å²) in [6.07, 6.45) is 3.23. The number of nitrogens with one attached hydrogen (secondary N) is 1. The zero-order valence-corrected chi connectivity index (χ0v) is 14.5. The molecule has 2 aromatic carbocycles. The van der Waals surface area contributed by atoms with Gasteiger partial charge in [-0.2, -0.15) is 0 Å². The van der Waals surface area contributed by atoms with Crippen LogP contribution in [0.15, 0.2) is 45.8 Å². The number of fused-ring (bicyclic) bond motifs is 1. The first-order valence-electron chi connectivity index (χ1n) is 6.98. The molecule has 0 saturated heterocycles. The van der Waals surface area contributed by atoms with Gasteiger partial charge in [0.25, 0.3) is 10.0 Å². The van der Waals surface area contributed by atoms with E-state index in [9.17, 15) is 8.42 Å². The minimum absolute atomic E-state index is 0.195. The number of rotatable bonds is 4. The van der Waals surface area contributed by atoms with E-state index in [2.05, 4.69) is 20.7 Å². The van der Waals surface area contributed by atoms with Gasteiger partial charge in [0, 0.05) is 5.69 Å². The molecule has 0 radical (unpaired) electrons. The fraction of sp³-hybridized carbons (Fsp3) is 0.250. The van der Waals surface area contributed by atoms with Crippen LogP contribution in [0.2, 0.25) is 0 Å². The highest BCUT2D eigenvalue weighted by molar-refractivity contribution is 9.10. The zero-order valence-electron chi connectivity index (χ0n) is 12.1. The molecule has 3 rings (SSSR count). The van der Waals surface area contributed by atoms with Crippen molar-refractivity contribution in [2.45, 2.75) is 24.2 Å². The number of hydrogen-bond donors (Lipinski definition) is 1. The number of methoxy groups -OCH3 is 1. The average molecular weight is 382 g/mol. The molecule has 0 bridgehead atoms. The van der Waals surface area contributed by atoms with Crippen molar-refractivity contribution in [3.63, 3.8) is 0 Å². The van der Waals surface area contributed by atoms with Crippen molar-refractivity contribution in [1.29, 1.82) is 0 Å². The molecule has 0 spiro atoms. The van der Waals surface area contributed by atoms with Crippen LogP contribution in [0.25, 0.3) is 0 Å². The Morgan fingerprint density at radius 3 is 2.59 bits per heavy atom. The summed E-state index contributed by atoms with van der Waals surface area (Å²) in [5.74, 6) is 0.594. The third-order valence-corrected chi connectivity index (χ3v) is 5.78. The molecular formula is C16H16BrNO3S. The zero-order chi connectivity index (χ0) is 15.7. The predicted octanol–water partition coefficient (Wildman–Crippen LogP) is 3.75. The Balaban J connectivity index is 1.89. The monoisotopic (exact) mass is 381 g/mol. The maximum Gasteiger partial charge on any atom is 0.261 e. The van der Waals surface area contributed by atoms with Crippen molar-refractivity contribution >= 4 is 31.6 Å². The first-order chi connectivity index (χ1) is 10.5. The van der Waals surface area contributed by atoms with E-state index in [0.29, 0.717) is 15.9 Å². The van der Waals surface area contributed by atoms with Gasteiger partial charge in [0.05, 0.1) is 16.5 Å². The summed E-state index contributed by atoms with van der Waals surface area (Å²) in [6.45, 7) is 0. The van der Waals surface area contributed by atoms with Gasteiger partial charge in [-0.05, 0) is 76.7 Å². The van der Waals surface area contributed by atoms with Crippen LogP contribution < -0.4 is 9.46 Å². The van der Waals surface area contributed by atoms with E-state index in [4.69, 9.17) is 4.74 Å². The quantitative estimate of drug-likeness (QED) is 0.877. The molecule has 0 amide bonds. The Bertz CT molecular complexity index is 818. The van der Waals surface area contributed by atoms with Gasteiger partial charge in [0.15, 0.2) is 0 Å². The lowest BCUT2D eigenvalue weighted by atomic mass is 10.1. The second-order valence-electron chi connectivity index (χ2n) is 5.24. The van der Waals surface area contributed by atoms with Crippen LogP contribution in [0, 0.1) is 0 Å². The summed E-state index contributed by atoms with van der Waals surface area (Å²) in [4.78, 5) is 0.195. The van der Waals surface area contributed by atoms with Crippen molar-refractivity contribution < 1.29 is 13.2 Å². The second-order valence-corrected chi connectivity index (χ2v) is 7.78. The summed E-state index contributed by atoms with van der Waals surface area (Å²) in [5.41, 5.74) is 3.15. The van der Waals surface area contributed by atoms with Crippen molar-refractivity contribution in [2.75, 3.05) is 11.8 Å². The van der Waals surface area contributed by atoms with Gasteiger partial charge in [-0.3, -0.25) is 4.72 Å². The SMILES string of the molecule is COc1ccc(S(=O)(=O)Nc2ccc3c(c2)CCC3)cc1Br. The number of anilines is 1. The maximum absolute atomic E-state index is 12.5. The van der Waals surface area contributed by atoms with Gasteiger partial charge in [-0.25, -0.2) is 8.42 Å². The van der Waals surface area contributed by atoms with E-state index in [1.807, 2.05) is 18.2 Å². The topological polar surface area (TPSA) is 55.4 Å². The minimum Gasteiger partial charge on any atom is -0.496 e. The van der Waals surface area contributed by atoms with E-state index in [-0.39, 0.29) is 4.90 Å². The van der Waals surface area contributed by atoms with Crippen LogP contribution in [0.5, 0.6) is 5.75 Å². The van der Waals surface area contributed by atoms with Crippen LogP contribution in [-0.2, 0) is 22.9 Å². The number of benzene rings is 2. The molecule has 0 heterocycles. The molecule has 0 saturated carbocycles. The number of sulfonamides is 1. The maximum atomic E-state index is 12.5. The Hall–Kier alpha value is -1.53. The normalized spacial score (nSPS) is 13.7. The number of hydrogen-bond acceptors (Lipinski definition) is 3. The fourth-order valence-corrected chi connectivity index (χ4v) is 4.43.